The minimum Gasteiger partial charge on any atom is -0.452 e. The van der Waals surface area contributed by atoms with Gasteiger partial charge in [0.25, 0.3) is 5.91 Å². The Balaban J connectivity index is 1.61. The molecule has 2 N–H and O–H groups in total. The van der Waals surface area contributed by atoms with E-state index in [1.807, 2.05) is 0 Å². The molecule has 1 aromatic heterocycles. The molecule has 1 heterocycles. The Hall–Kier alpha value is -3.18. The Bertz CT molecular complexity index is 990. The van der Waals surface area contributed by atoms with E-state index in [0.717, 1.165) is 42.5 Å². The van der Waals surface area contributed by atoms with Crippen LogP contribution in [-0.2, 0) is 27.2 Å². The van der Waals surface area contributed by atoms with Crippen LogP contribution in [0.2, 0.25) is 0 Å². The summed E-state index contributed by atoms with van der Waals surface area (Å²) in [6.45, 7) is 0.908. The lowest BCUT2D eigenvalue weighted by atomic mass is 10.1. The molecule has 1 aliphatic carbocycles. The summed E-state index contributed by atoms with van der Waals surface area (Å²) in [6, 6.07) is 8.48. The van der Waals surface area contributed by atoms with Gasteiger partial charge in [-0.3, -0.25) is 9.59 Å². The number of esters is 1. The molecule has 8 heteroatoms. The van der Waals surface area contributed by atoms with Gasteiger partial charge in [0.1, 0.15) is 11.1 Å². The number of amides is 2. The number of ether oxygens (including phenoxy) is 1. The average Bonchev–Trinajstić information content (AvgIpc) is 2.84. The summed E-state index contributed by atoms with van der Waals surface area (Å²) in [5.41, 5.74) is 2.26. The lowest BCUT2D eigenvalue weighted by molar-refractivity contribution is -0.119. The van der Waals surface area contributed by atoms with Crippen LogP contribution in [0.25, 0.3) is 0 Å². The van der Waals surface area contributed by atoms with Crippen LogP contribution in [0.4, 0.5) is 10.7 Å². The molecule has 0 fully saturated rings. The smallest absolute Gasteiger partial charge is 0.338 e. The number of nitriles is 1. The van der Waals surface area contributed by atoms with Crippen LogP contribution in [0.15, 0.2) is 24.3 Å². The molecular weight excluding hydrogens is 390 g/mol. The van der Waals surface area contributed by atoms with Gasteiger partial charge >= 0.3 is 5.97 Å². The number of hydrogen-bond donors (Lipinski definition) is 2. The summed E-state index contributed by atoms with van der Waals surface area (Å²) < 4.78 is 5.08. The zero-order valence-corrected chi connectivity index (χ0v) is 16.9. The van der Waals surface area contributed by atoms with E-state index in [1.54, 1.807) is 12.1 Å². The quantitative estimate of drug-likeness (QED) is 0.577. The summed E-state index contributed by atoms with van der Waals surface area (Å²) in [6.07, 6.45) is 5.04. The first-order valence-electron chi connectivity index (χ1n) is 9.37. The highest BCUT2D eigenvalue weighted by atomic mass is 32.1. The van der Waals surface area contributed by atoms with Crippen molar-refractivity contribution in [2.24, 2.45) is 0 Å². The minimum atomic E-state index is -0.671. The van der Waals surface area contributed by atoms with Crippen molar-refractivity contribution < 1.29 is 19.1 Å². The third-order valence-corrected chi connectivity index (χ3v) is 5.75. The Morgan fingerprint density at radius 3 is 2.72 bits per heavy atom. The summed E-state index contributed by atoms with van der Waals surface area (Å²) in [5.74, 6) is -1.42. The Labute approximate surface area is 172 Å². The van der Waals surface area contributed by atoms with Crippen LogP contribution < -0.4 is 10.6 Å². The maximum Gasteiger partial charge on any atom is 0.338 e. The molecule has 0 saturated carbocycles. The first-order valence-corrected chi connectivity index (χ1v) is 10.2. The first kappa shape index (κ1) is 20.6. The molecule has 0 unspecified atom stereocenters. The molecule has 0 radical (unpaired) electrons. The van der Waals surface area contributed by atoms with Crippen molar-refractivity contribution in [3.05, 3.63) is 45.8 Å². The molecule has 0 atom stereocenters. The van der Waals surface area contributed by atoms with Crippen LogP contribution in [0, 0.1) is 11.3 Å². The predicted molar refractivity (Wildman–Crippen MR) is 110 cm³/mol. The number of fused-ring (bicyclic) bond motifs is 1. The van der Waals surface area contributed by atoms with E-state index in [-0.39, 0.29) is 11.5 Å². The van der Waals surface area contributed by atoms with Crippen LogP contribution in [0.5, 0.6) is 0 Å². The number of carbonyl (C=O) groups is 3. The molecule has 1 aromatic carbocycles. The number of aryl methyl sites for hydroxylation is 1. The maximum atomic E-state index is 12.3. The monoisotopic (exact) mass is 411 g/mol. The Kier molecular flexibility index (Phi) is 6.62. The number of nitrogens with zero attached hydrogens (tertiary/aromatic N) is 1. The third kappa shape index (κ3) is 5.21. The second-order valence-corrected chi connectivity index (χ2v) is 7.87. The first-order chi connectivity index (χ1) is 14.0. The van der Waals surface area contributed by atoms with Gasteiger partial charge in [0.05, 0.1) is 11.1 Å². The molecule has 2 amide bonds. The molecule has 2 aromatic rings. The van der Waals surface area contributed by atoms with E-state index >= 15 is 0 Å². The number of carbonyl (C=O) groups excluding carboxylic acids is 3. The summed E-state index contributed by atoms with van der Waals surface area (Å²) in [5, 5.41) is 15.3. The van der Waals surface area contributed by atoms with Crippen molar-refractivity contribution in [2.45, 2.75) is 39.0 Å². The van der Waals surface area contributed by atoms with Crippen LogP contribution in [0.3, 0.4) is 0 Å². The van der Waals surface area contributed by atoms with Gasteiger partial charge < -0.3 is 15.4 Å². The predicted octanol–water partition coefficient (Wildman–Crippen LogP) is 3.64. The summed E-state index contributed by atoms with van der Waals surface area (Å²) in [7, 11) is 0. The second kappa shape index (κ2) is 9.34. The van der Waals surface area contributed by atoms with Crippen molar-refractivity contribution in [3.8, 4) is 6.07 Å². The van der Waals surface area contributed by atoms with Gasteiger partial charge in [-0.1, -0.05) is 12.5 Å². The van der Waals surface area contributed by atoms with E-state index < -0.39 is 18.5 Å². The lowest BCUT2D eigenvalue weighted by Gasteiger charge is -2.07. The van der Waals surface area contributed by atoms with E-state index in [4.69, 9.17) is 4.74 Å². The summed E-state index contributed by atoms with van der Waals surface area (Å²) in [4.78, 5) is 36.7. The fourth-order valence-corrected chi connectivity index (χ4v) is 4.51. The molecule has 0 bridgehead atoms. The van der Waals surface area contributed by atoms with Crippen molar-refractivity contribution in [1.82, 2.24) is 0 Å². The largest absolute Gasteiger partial charge is 0.452 e. The normalized spacial score (nSPS) is 12.8. The maximum absolute atomic E-state index is 12.3. The Morgan fingerprint density at radius 1 is 1.17 bits per heavy atom. The lowest BCUT2D eigenvalue weighted by Crippen LogP contribution is -2.21. The minimum absolute atomic E-state index is 0.226. The molecule has 0 aliphatic heterocycles. The molecule has 3 rings (SSSR count). The van der Waals surface area contributed by atoms with Crippen molar-refractivity contribution >= 4 is 39.8 Å². The molecule has 29 heavy (non-hydrogen) atoms. The second-order valence-electron chi connectivity index (χ2n) is 6.77. The fourth-order valence-electron chi connectivity index (χ4n) is 3.25. The van der Waals surface area contributed by atoms with Crippen molar-refractivity contribution in [1.29, 1.82) is 5.26 Å². The number of benzene rings is 1. The topological polar surface area (TPSA) is 108 Å². The number of anilines is 2. The van der Waals surface area contributed by atoms with E-state index in [9.17, 15) is 19.6 Å². The number of hydrogen-bond acceptors (Lipinski definition) is 6. The Morgan fingerprint density at radius 2 is 1.97 bits per heavy atom. The van der Waals surface area contributed by atoms with E-state index in [0.29, 0.717) is 16.3 Å². The van der Waals surface area contributed by atoms with Gasteiger partial charge in [-0.15, -0.1) is 11.3 Å². The highest BCUT2D eigenvalue weighted by Gasteiger charge is 2.21. The molecule has 1 aliphatic rings. The van der Waals surface area contributed by atoms with Gasteiger partial charge in [0, 0.05) is 17.5 Å². The van der Waals surface area contributed by atoms with Gasteiger partial charge in [-0.25, -0.2) is 4.79 Å². The van der Waals surface area contributed by atoms with Crippen LogP contribution in [0.1, 0.15) is 52.5 Å². The van der Waals surface area contributed by atoms with Crippen LogP contribution >= 0.6 is 11.3 Å². The fraction of sp³-hybridized carbons (Fsp3) is 0.333. The molecule has 0 saturated heterocycles. The highest BCUT2D eigenvalue weighted by Crippen LogP contribution is 2.36. The van der Waals surface area contributed by atoms with Gasteiger partial charge in [-0.2, -0.15) is 5.26 Å². The molecule has 150 valence electrons. The number of nitrogens with one attached hydrogen (secondary N) is 2. The molecule has 0 spiro atoms. The SMILES string of the molecule is CC(=O)Nc1cccc(C(=O)OCC(=O)Nc2sc3c(c2C#N)CCCCC3)c1. The average molecular weight is 411 g/mol. The van der Waals surface area contributed by atoms with Gasteiger partial charge in [0.15, 0.2) is 6.61 Å². The van der Waals surface area contributed by atoms with Crippen molar-refractivity contribution in [2.75, 3.05) is 17.2 Å². The van der Waals surface area contributed by atoms with Gasteiger partial charge in [-0.05, 0) is 49.4 Å². The zero-order chi connectivity index (χ0) is 20.8. The van der Waals surface area contributed by atoms with E-state index in [1.165, 1.54) is 30.4 Å². The zero-order valence-electron chi connectivity index (χ0n) is 16.0. The number of thiophene rings is 1. The standard InChI is InChI=1S/C21H21N3O4S/c1-13(25)23-15-7-5-6-14(10-15)21(27)28-12-19(26)24-20-17(11-22)16-8-3-2-4-9-18(16)29-20/h5-7,10H,2-4,8-9,12H2,1H3,(H,23,25)(H,24,26). The summed E-state index contributed by atoms with van der Waals surface area (Å²) >= 11 is 1.43. The van der Waals surface area contributed by atoms with Gasteiger partial charge in [0.2, 0.25) is 5.91 Å². The number of rotatable bonds is 5. The van der Waals surface area contributed by atoms with E-state index in [2.05, 4.69) is 16.7 Å². The highest BCUT2D eigenvalue weighted by molar-refractivity contribution is 7.16. The van der Waals surface area contributed by atoms with Crippen LogP contribution in [-0.4, -0.2) is 24.4 Å². The molecule has 7 nitrogen and oxygen atoms in total. The third-order valence-electron chi connectivity index (χ3n) is 4.54. The molecular formula is C21H21N3O4S. The van der Waals surface area contributed by atoms with Crippen molar-refractivity contribution in [3.63, 3.8) is 0 Å².